The monoisotopic (exact) mass is 382 g/mol. The van der Waals surface area contributed by atoms with Crippen molar-refractivity contribution in [3.8, 4) is 0 Å². The summed E-state index contributed by atoms with van der Waals surface area (Å²) < 4.78 is 0. The highest BCUT2D eigenvalue weighted by molar-refractivity contribution is 8.00. The zero-order valence-electron chi connectivity index (χ0n) is 16.3. The highest BCUT2D eigenvalue weighted by Gasteiger charge is 2.34. The Bertz CT molecular complexity index is 823. The number of carbonyl (C=O) groups excluding carboxylic acids is 2. The Morgan fingerprint density at radius 3 is 2.33 bits per heavy atom. The lowest BCUT2D eigenvalue weighted by molar-refractivity contribution is -0.132. The molecule has 27 heavy (non-hydrogen) atoms. The highest BCUT2D eigenvalue weighted by atomic mass is 32.2. The summed E-state index contributed by atoms with van der Waals surface area (Å²) in [6.45, 7) is 8.60. The predicted molar refractivity (Wildman–Crippen MR) is 112 cm³/mol. The van der Waals surface area contributed by atoms with Crippen LogP contribution in [0.25, 0.3) is 0 Å². The molecule has 0 aromatic heterocycles. The molecule has 2 aromatic rings. The van der Waals surface area contributed by atoms with E-state index in [1.807, 2.05) is 31.2 Å². The van der Waals surface area contributed by atoms with Gasteiger partial charge in [0, 0.05) is 5.69 Å². The summed E-state index contributed by atoms with van der Waals surface area (Å²) in [5.74, 6) is 0.235. The molecule has 1 fully saturated rings. The molecule has 0 unspecified atom stereocenters. The van der Waals surface area contributed by atoms with E-state index >= 15 is 0 Å². The van der Waals surface area contributed by atoms with Gasteiger partial charge in [-0.15, -0.1) is 11.8 Å². The Kier molecular flexibility index (Phi) is 5.61. The summed E-state index contributed by atoms with van der Waals surface area (Å²) in [5.41, 5.74) is 4.28. The largest absolute Gasteiger partial charge is 0.325 e. The van der Waals surface area contributed by atoms with Crippen LogP contribution in [0.15, 0.2) is 48.5 Å². The molecule has 1 atom stereocenters. The van der Waals surface area contributed by atoms with Crippen LogP contribution < -0.4 is 5.32 Å². The second kappa shape index (κ2) is 7.77. The third kappa shape index (κ3) is 4.72. The van der Waals surface area contributed by atoms with Crippen LogP contribution in [0.5, 0.6) is 0 Å². The number of hydrogen-bond donors (Lipinski definition) is 1. The van der Waals surface area contributed by atoms with Crippen molar-refractivity contribution in [3.05, 3.63) is 65.2 Å². The minimum absolute atomic E-state index is 0.00366. The maximum Gasteiger partial charge on any atom is 0.244 e. The van der Waals surface area contributed by atoms with Gasteiger partial charge in [-0.3, -0.25) is 9.59 Å². The Morgan fingerprint density at radius 2 is 1.74 bits per heavy atom. The van der Waals surface area contributed by atoms with Gasteiger partial charge in [-0.05, 0) is 35.6 Å². The summed E-state index contributed by atoms with van der Waals surface area (Å²) in [4.78, 5) is 26.5. The molecule has 4 nitrogen and oxygen atoms in total. The van der Waals surface area contributed by atoms with Gasteiger partial charge < -0.3 is 10.2 Å². The van der Waals surface area contributed by atoms with Crippen molar-refractivity contribution in [2.45, 2.75) is 38.5 Å². The normalized spacial score (nSPS) is 17.3. The van der Waals surface area contributed by atoms with Crippen molar-refractivity contribution in [2.75, 3.05) is 17.6 Å². The maximum atomic E-state index is 12.4. The summed E-state index contributed by atoms with van der Waals surface area (Å²) in [6.07, 6.45) is 0. The molecule has 142 valence electrons. The maximum absolute atomic E-state index is 12.4. The zero-order valence-corrected chi connectivity index (χ0v) is 17.1. The van der Waals surface area contributed by atoms with E-state index in [0.717, 1.165) is 16.8 Å². The van der Waals surface area contributed by atoms with Gasteiger partial charge in [0.15, 0.2) is 0 Å². The lowest BCUT2D eigenvalue weighted by Crippen LogP contribution is -2.36. The van der Waals surface area contributed by atoms with Gasteiger partial charge in [-0.25, -0.2) is 0 Å². The van der Waals surface area contributed by atoms with Gasteiger partial charge in [0.25, 0.3) is 0 Å². The smallest absolute Gasteiger partial charge is 0.244 e. The first-order valence-corrected chi connectivity index (χ1v) is 10.2. The van der Waals surface area contributed by atoms with Crippen LogP contribution in [-0.2, 0) is 15.0 Å². The SMILES string of the molecule is Cc1ccc(NC(=O)CN2C(=O)CS[C@H]2c2ccc(C(C)(C)C)cc2)cc1. The summed E-state index contributed by atoms with van der Waals surface area (Å²) in [5, 5.41) is 2.76. The molecule has 1 aliphatic heterocycles. The number of hydrogen-bond acceptors (Lipinski definition) is 3. The lowest BCUT2D eigenvalue weighted by Gasteiger charge is -2.25. The molecule has 5 heteroatoms. The number of carbonyl (C=O) groups is 2. The standard InChI is InChI=1S/C22H26N2O2S/c1-15-5-11-18(12-6-15)23-19(25)13-24-20(26)14-27-21(24)16-7-9-17(10-8-16)22(2,3)4/h5-12,21H,13-14H2,1-4H3,(H,23,25)/t21-/m0/s1. The number of rotatable bonds is 4. The van der Waals surface area contributed by atoms with Crippen LogP contribution in [0.1, 0.15) is 42.8 Å². The molecule has 1 heterocycles. The van der Waals surface area contributed by atoms with Crippen LogP contribution in [0, 0.1) is 6.92 Å². The van der Waals surface area contributed by atoms with Crippen molar-refractivity contribution >= 4 is 29.3 Å². The topological polar surface area (TPSA) is 49.4 Å². The van der Waals surface area contributed by atoms with E-state index in [-0.39, 0.29) is 29.1 Å². The molecule has 1 N–H and O–H groups in total. The third-order valence-electron chi connectivity index (χ3n) is 4.68. The summed E-state index contributed by atoms with van der Waals surface area (Å²) >= 11 is 1.57. The molecule has 0 spiro atoms. The predicted octanol–water partition coefficient (Wildman–Crippen LogP) is 4.51. The molecule has 0 bridgehead atoms. The molecular formula is C22H26N2O2S. The first-order valence-electron chi connectivity index (χ1n) is 9.12. The molecule has 0 saturated carbocycles. The second-order valence-electron chi connectivity index (χ2n) is 7.97. The average Bonchev–Trinajstić information content (AvgIpc) is 2.97. The number of amides is 2. The molecule has 1 saturated heterocycles. The van der Waals surface area contributed by atoms with Crippen molar-refractivity contribution < 1.29 is 9.59 Å². The Labute approximate surface area is 165 Å². The Balaban J connectivity index is 1.70. The first kappa shape index (κ1) is 19.5. The molecule has 1 aliphatic rings. The van der Waals surface area contributed by atoms with E-state index in [0.29, 0.717) is 5.75 Å². The van der Waals surface area contributed by atoms with E-state index in [1.165, 1.54) is 5.56 Å². The van der Waals surface area contributed by atoms with Crippen molar-refractivity contribution in [2.24, 2.45) is 0 Å². The van der Waals surface area contributed by atoms with Gasteiger partial charge in [0.1, 0.15) is 11.9 Å². The average molecular weight is 383 g/mol. The fraction of sp³-hybridized carbons (Fsp3) is 0.364. The molecule has 0 aliphatic carbocycles. The minimum Gasteiger partial charge on any atom is -0.325 e. The zero-order chi connectivity index (χ0) is 19.6. The van der Waals surface area contributed by atoms with E-state index in [1.54, 1.807) is 16.7 Å². The van der Waals surface area contributed by atoms with Gasteiger partial charge in [0.05, 0.1) is 5.75 Å². The van der Waals surface area contributed by atoms with Crippen LogP contribution in [-0.4, -0.2) is 29.0 Å². The number of thioether (sulfide) groups is 1. The van der Waals surface area contributed by atoms with Gasteiger partial charge in [-0.2, -0.15) is 0 Å². The Hall–Kier alpha value is -2.27. The number of aryl methyl sites for hydroxylation is 1. The number of anilines is 1. The first-order chi connectivity index (χ1) is 12.7. The van der Waals surface area contributed by atoms with E-state index in [2.05, 4.69) is 50.4 Å². The fourth-order valence-electron chi connectivity index (χ4n) is 3.04. The van der Waals surface area contributed by atoms with E-state index < -0.39 is 0 Å². The van der Waals surface area contributed by atoms with Gasteiger partial charge >= 0.3 is 0 Å². The van der Waals surface area contributed by atoms with Crippen molar-refractivity contribution in [1.29, 1.82) is 0 Å². The van der Waals surface area contributed by atoms with Crippen molar-refractivity contribution in [1.82, 2.24) is 4.90 Å². The molecule has 0 radical (unpaired) electrons. The second-order valence-corrected chi connectivity index (χ2v) is 9.04. The van der Waals surface area contributed by atoms with Crippen LogP contribution in [0.2, 0.25) is 0 Å². The van der Waals surface area contributed by atoms with Crippen LogP contribution in [0.3, 0.4) is 0 Å². The molecule has 2 aromatic carbocycles. The van der Waals surface area contributed by atoms with Crippen LogP contribution >= 0.6 is 11.8 Å². The van der Waals surface area contributed by atoms with Crippen molar-refractivity contribution in [3.63, 3.8) is 0 Å². The summed E-state index contributed by atoms with van der Waals surface area (Å²) in [6, 6.07) is 16.0. The third-order valence-corrected chi connectivity index (χ3v) is 5.94. The van der Waals surface area contributed by atoms with Crippen LogP contribution in [0.4, 0.5) is 5.69 Å². The fourth-order valence-corrected chi connectivity index (χ4v) is 4.23. The van der Waals surface area contributed by atoms with Gasteiger partial charge in [0.2, 0.25) is 11.8 Å². The molecular weight excluding hydrogens is 356 g/mol. The number of benzene rings is 2. The number of nitrogens with zero attached hydrogens (tertiary/aromatic N) is 1. The molecule has 3 rings (SSSR count). The molecule has 2 amide bonds. The lowest BCUT2D eigenvalue weighted by atomic mass is 9.87. The highest BCUT2D eigenvalue weighted by Crippen LogP contribution is 2.39. The minimum atomic E-state index is -0.175. The van der Waals surface area contributed by atoms with E-state index in [9.17, 15) is 9.59 Å². The van der Waals surface area contributed by atoms with E-state index in [4.69, 9.17) is 0 Å². The van der Waals surface area contributed by atoms with Gasteiger partial charge in [-0.1, -0.05) is 62.7 Å². The summed E-state index contributed by atoms with van der Waals surface area (Å²) in [7, 11) is 0. The number of nitrogens with one attached hydrogen (secondary N) is 1. The Morgan fingerprint density at radius 1 is 1.11 bits per heavy atom. The quantitative estimate of drug-likeness (QED) is 0.847.